The molecule has 3 nitrogen and oxygen atoms in total. The van der Waals surface area contributed by atoms with Gasteiger partial charge in [0.1, 0.15) is 0 Å². The maximum absolute atomic E-state index is 12.2. The minimum atomic E-state index is 0.0918. The zero-order chi connectivity index (χ0) is 13.7. The Balaban J connectivity index is 2.05. The van der Waals surface area contributed by atoms with E-state index in [0.717, 1.165) is 32.4 Å². The summed E-state index contributed by atoms with van der Waals surface area (Å²) >= 11 is 0. The van der Waals surface area contributed by atoms with E-state index in [1.807, 2.05) is 11.8 Å². The van der Waals surface area contributed by atoms with Gasteiger partial charge in [-0.15, -0.1) is 0 Å². The summed E-state index contributed by atoms with van der Waals surface area (Å²) in [6, 6.07) is 7.10. The molecule has 1 fully saturated rings. The highest BCUT2D eigenvalue weighted by Crippen LogP contribution is 2.14. The third kappa shape index (κ3) is 3.43. The Hall–Kier alpha value is -1.64. The van der Waals surface area contributed by atoms with E-state index in [9.17, 15) is 9.59 Å². The summed E-state index contributed by atoms with van der Waals surface area (Å²) in [5.41, 5.74) is 1.40. The second kappa shape index (κ2) is 6.50. The molecular formula is C16H21NO2. The van der Waals surface area contributed by atoms with E-state index < -0.39 is 0 Å². The van der Waals surface area contributed by atoms with Crippen molar-refractivity contribution in [2.75, 3.05) is 13.1 Å². The van der Waals surface area contributed by atoms with Gasteiger partial charge in [0, 0.05) is 30.6 Å². The van der Waals surface area contributed by atoms with Crippen LogP contribution in [0, 0.1) is 0 Å². The number of rotatable bonds is 4. The molecule has 0 spiro atoms. The number of ketones is 1. The van der Waals surface area contributed by atoms with Gasteiger partial charge in [0.15, 0.2) is 5.78 Å². The SMILES string of the molecule is CCCC(=O)c1ccc(C(=O)N2CCCCC2)cc1. The number of carbonyl (C=O) groups excluding carboxylic acids is 2. The fourth-order valence-corrected chi connectivity index (χ4v) is 2.45. The first kappa shape index (κ1) is 13.8. The Bertz CT molecular complexity index is 444. The molecule has 1 amide bonds. The van der Waals surface area contributed by atoms with Gasteiger partial charge in [-0.25, -0.2) is 0 Å². The van der Waals surface area contributed by atoms with Crippen LogP contribution in [0.15, 0.2) is 24.3 Å². The molecule has 0 atom stereocenters. The van der Waals surface area contributed by atoms with Gasteiger partial charge in [0.2, 0.25) is 0 Å². The average Bonchev–Trinajstić information content (AvgIpc) is 2.48. The van der Waals surface area contributed by atoms with Crippen LogP contribution in [0.5, 0.6) is 0 Å². The van der Waals surface area contributed by atoms with Crippen LogP contribution in [0.25, 0.3) is 0 Å². The Morgan fingerprint density at radius 3 is 2.16 bits per heavy atom. The monoisotopic (exact) mass is 259 g/mol. The summed E-state index contributed by atoms with van der Waals surface area (Å²) < 4.78 is 0. The number of hydrogen-bond donors (Lipinski definition) is 0. The van der Waals surface area contributed by atoms with Crippen molar-refractivity contribution < 1.29 is 9.59 Å². The fraction of sp³-hybridized carbons (Fsp3) is 0.500. The van der Waals surface area contributed by atoms with Crippen LogP contribution in [0.4, 0.5) is 0 Å². The molecule has 19 heavy (non-hydrogen) atoms. The van der Waals surface area contributed by atoms with Crippen molar-refractivity contribution in [3.63, 3.8) is 0 Å². The zero-order valence-electron chi connectivity index (χ0n) is 11.5. The molecular weight excluding hydrogens is 238 g/mol. The van der Waals surface area contributed by atoms with Gasteiger partial charge in [-0.3, -0.25) is 9.59 Å². The molecule has 0 saturated carbocycles. The van der Waals surface area contributed by atoms with Gasteiger partial charge < -0.3 is 4.90 Å². The number of benzene rings is 1. The lowest BCUT2D eigenvalue weighted by Gasteiger charge is -2.26. The van der Waals surface area contributed by atoms with Crippen LogP contribution in [-0.2, 0) is 0 Å². The largest absolute Gasteiger partial charge is 0.339 e. The van der Waals surface area contributed by atoms with Gasteiger partial charge in [0.05, 0.1) is 0 Å². The first-order valence-corrected chi connectivity index (χ1v) is 7.15. The highest BCUT2D eigenvalue weighted by Gasteiger charge is 2.18. The lowest BCUT2D eigenvalue weighted by molar-refractivity contribution is 0.0724. The van der Waals surface area contributed by atoms with E-state index in [2.05, 4.69) is 0 Å². The molecule has 0 bridgehead atoms. The number of amides is 1. The van der Waals surface area contributed by atoms with Crippen LogP contribution in [-0.4, -0.2) is 29.7 Å². The molecule has 1 aliphatic heterocycles. The standard InChI is InChI=1S/C16H21NO2/c1-2-6-15(18)13-7-9-14(10-8-13)16(19)17-11-4-3-5-12-17/h7-10H,2-6,11-12H2,1H3. The maximum atomic E-state index is 12.2. The second-order valence-corrected chi connectivity index (χ2v) is 5.10. The lowest BCUT2D eigenvalue weighted by atomic mass is 10.0. The molecule has 1 saturated heterocycles. The van der Waals surface area contributed by atoms with Crippen molar-refractivity contribution in [3.05, 3.63) is 35.4 Å². The van der Waals surface area contributed by atoms with Crippen LogP contribution in [0.1, 0.15) is 59.7 Å². The van der Waals surface area contributed by atoms with Crippen LogP contribution in [0.2, 0.25) is 0 Å². The number of piperidine rings is 1. The van der Waals surface area contributed by atoms with E-state index in [0.29, 0.717) is 17.5 Å². The maximum Gasteiger partial charge on any atom is 0.253 e. The highest BCUT2D eigenvalue weighted by molar-refractivity contribution is 5.98. The van der Waals surface area contributed by atoms with Crippen molar-refractivity contribution in [1.29, 1.82) is 0 Å². The fourth-order valence-electron chi connectivity index (χ4n) is 2.45. The molecule has 0 unspecified atom stereocenters. The Morgan fingerprint density at radius 1 is 1.00 bits per heavy atom. The molecule has 2 rings (SSSR count). The molecule has 3 heteroatoms. The number of likely N-dealkylation sites (tertiary alicyclic amines) is 1. The summed E-state index contributed by atoms with van der Waals surface area (Å²) in [5.74, 6) is 0.244. The van der Waals surface area contributed by atoms with E-state index in [4.69, 9.17) is 0 Å². The van der Waals surface area contributed by atoms with Gasteiger partial charge in [-0.05, 0) is 37.8 Å². The molecule has 1 aliphatic rings. The third-order valence-electron chi connectivity index (χ3n) is 3.57. The minimum Gasteiger partial charge on any atom is -0.339 e. The highest BCUT2D eigenvalue weighted by atomic mass is 16.2. The first-order valence-electron chi connectivity index (χ1n) is 7.15. The number of hydrogen-bond acceptors (Lipinski definition) is 2. The van der Waals surface area contributed by atoms with E-state index in [1.165, 1.54) is 6.42 Å². The van der Waals surface area contributed by atoms with Crippen molar-refractivity contribution in [3.8, 4) is 0 Å². The number of carbonyl (C=O) groups is 2. The molecule has 0 radical (unpaired) electrons. The van der Waals surface area contributed by atoms with Gasteiger partial charge in [0.25, 0.3) is 5.91 Å². The van der Waals surface area contributed by atoms with Gasteiger partial charge >= 0.3 is 0 Å². The summed E-state index contributed by atoms with van der Waals surface area (Å²) in [5, 5.41) is 0. The normalized spacial score (nSPS) is 15.3. The summed E-state index contributed by atoms with van der Waals surface area (Å²) in [6.45, 7) is 3.71. The summed E-state index contributed by atoms with van der Waals surface area (Å²) in [7, 11) is 0. The third-order valence-corrected chi connectivity index (χ3v) is 3.57. The topological polar surface area (TPSA) is 37.4 Å². The van der Waals surface area contributed by atoms with Crippen LogP contribution in [0.3, 0.4) is 0 Å². The number of nitrogens with zero attached hydrogens (tertiary/aromatic N) is 1. The molecule has 0 aromatic heterocycles. The van der Waals surface area contributed by atoms with E-state index >= 15 is 0 Å². The van der Waals surface area contributed by atoms with Crippen LogP contribution >= 0.6 is 0 Å². The van der Waals surface area contributed by atoms with Crippen molar-refractivity contribution >= 4 is 11.7 Å². The van der Waals surface area contributed by atoms with Crippen molar-refractivity contribution in [1.82, 2.24) is 4.90 Å². The average molecular weight is 259 g/mol. The first-order chi connectivity index (χ1) is 9.22. The van der Waals surface area contributed by atoms with Crippen molar-refractivity contribution in [2.45, 2.75) is 39.0 Å². The van der Waals surface area contributed by atoms with E-state index in [1.54, 1.807) is 24.3 Å². The Labute approximate surface area is 114 Å². The van der Waals surface area contributed by atoms with Crippen molar-refractivity contribution in [2.24, 2.45) is 0 Å². The zero-order valence-corrected chi connectivity index (χ0v) is 11.5. The molecule has 102 valence electrons. The molecule has 0 aliphatic carbocycles. The predicted octanol–water partition coefficient (Wildman–Crippen LogP) is 3.30. The summed E-state index contributed by atoms with van der Waals surface area (Å²) in [6.07, 6.45) is 4.83. The molecule has 1 aromatic rings. The number of Topliss-reactive ketones (excluding diaryl/α,β-unsaturated/α-hetero) is 1. The smallest absolute Gasteiger partial charge is 0.253 e. The summed E-state index contributed by atoms with van der Waals surface area (Å²) in [4.78, 5) is 25.9. The van der Waals surface area contributed by atoms with Gasteiger partial charge in [-0.1, -0.05) is 19.1 Å². The lowest BCUT2D eigenvalue weighted by Crippen LogP contribution is -2.35. The molecule has 0 N–H and O–H groups in total. The quantitative estimate of drug-likeness (QED) is 0.778. The predicted molar refractivity (Wildman–Crippen MR) is 75.4 cm³/mol. The Morgan fingerprint density at radius 2 is 1.58 bits per heavy atom. The molecule has 1 aromatic carbocycles. The van der Waals surface area contributed by atoms with E-state index in [-0.39, 0.29) is 11.7 Å². The second-order valence-electron chi connectivity index (χ2n) is 5.10. The van der Waals surface area contributed by atoms with Crippen LogP contribution < -0.4 is 0 Å². The minimum absolute atomic E-state index is 0.0918. The molecule has 1 heterocycles. The van der Waals surface area contributed by atoms with Gasteiger partial charge in [-0.2, -0.15) is 0 Å². The Kier molecular flexibility index (Phi) is 4.72.